The lowest BCUT2D eigenvalue weighted by atomic mass is 9.90. The quantitative estimate of drug-likeness (QED) is 0.190. The van der Waals surface area contributed by atoms with E-state index < -0.39 is 24.0 Å². The zero-order valence-electron chi connectivity index (χ0n) is 24.2. The summed E-state index contributed by atoms with van der Waals surface area (Å²) in [6, 6.07) is 0.177. The van der Waals surface area contributed by atoms with Crippen molar-refractivity contribution < 1.29 is 31.5 Å². The molecule has 0 radical (unpaired) electrons. The highest BCUT2D eigenvalue weighted by Crippen LogP contribution is 2.36. The summed E-state index contributed by atoms with van der Waals surface area (Å²) >= 11 is 0. The number of nitrogens with one attached hydrogen (secondary N) is 2. The average molecular weight is 636 g/mol. The molecule has 4 aromatic rings. The lowest BCUT2D eigenvalue weighted by Crippen LogP contribution is -2.49. The van der Waals surface area contributed by atoms with Gasteiger partial charge in [-0.1, -0.05) is 0 Å². The van der Waals surface area contributed by atoms with Gasteiger partial charge in [-0.2, -0.15) is 32.1 Å². The Morgan fingerprint density at radius 2 is 1.87 bits per heavy atom. The number of aromatic nitrogens is 8. The summed E-state index contributed by atoms with van der Waals surface area (Å²) in [6.45, 7) is -2.42. The molecule has 5 rings (SSSR count). The van der Waals surface area contributed by atoms with Crippen molar-refractivity contribution in [1.82, 2.24) is 44.8 Å². The number of urea groups is 1. The number of methoxy groups -OCH3 is 1. The maximum Gasteiger partial charge on any atom is 0.420 e. The molecule has 0 unspecified atom stereocenters. The summed E-state index contributed by atoms with van der Waals surface area (Å²) in [5, 5.41) is 13.6. The molecule has 2 amide bonds. The summed E-state index contributed by atoms with van der Waals surface area (Å²) in [5.41, 5.74) is -0.795. The molecule has 0 bridgehead atoms. The van der Waals surface area contributed by atoms with Gasteiger partial charge in [0.2, 0.25) is 5.95 Å². The monoisotopic (exact) mass is 635 g/mol. The van der Waals surface area contributed by atoms with Crippen LogP contribution in [0.3, 0.4) is 0 Å². The van der Waals surface area contributed by atoms with Crippen LogP contribution in [-0.4, -0.2) is 77.9 Å². The smallest absolute Gasteiger partial charge is 0.383 e. The van der Waals surface area contributed by atoms with Crippen LogP contribution in [0.2, 0.25) is 0 Å². The zero-order chi connectivity index (χ0) is 32.1. The molecule has 2 N–H and O–H groups in total. The summed E-state index contributed by atoms with van der Waals surface area (Å²) in [5.74, 6) is 0.256. The van der Waals surface area contributed by atoms with Gasteiger partial charge in [-0.15, -0.1) is 0 Å². The van der Waals surface area contributed by atoms with E-state index in [2.05, 4.69) is 40.8 Å². The first-order chi connectivity index (χ1) is 21.5. The van der Waals surface area contributed by atoms with Crippen molar-refractivity contribution in [3.8, 4) is 22.6 Å². The van der Waals surface area contributed by atoms with Crippen LogP contribution in [0.1, 0.15) is 37.8 Å². The van der Waals surface area contributed by atoms with Crippen LogP contribution in [0.5, 0.6) is 0 Å². The Bertz CT molecular complexity index is 1580. The maximum atomic E-state index is 13.7. The van der Waals surface area contributed by atoms with Crippen molar-refractivity contribution in [2.45, 2.75) is 50.5 Å². The van der Waals surface area contributed by atoms with Crippen LogP contribution < -0.4 is 15.5 Å². The minimum absolute atomic E-state index is 0.0981. The first kappa shape index (κ1) is 31.7. The SMILES string of the molecule is COCCNC(=O)N(c1cnc(-c2cnn(C)c2)cn1)[C@H]1CC[C@H](Nc2ncc(C(F)(F)F)c(-c3ccn(C(F)F)n3)n2)CC1. The van der Waals surface area contributed by atoms with Crippen LogP contribution >= 0.6 is 0 Å². The average Bonchev–Trinajstić information content (AvgIpc) is 3.68. The Kier molecular flexibility index (Phi) is 9.50. The molecule has 4 heterocycles. The fraction of sp³-hybridized carbons (Fsp3) is 0.444. The third-order valence-corrected chi connectivity index (χ3v) is 7.23. The van der Waals surface area contributed by atoms with Crippen LogP contribution in [-0.2, 0) is 18.0 Å². The van der Waals surface area contributed by atoms with Gasteiger partial charge in [-0.05, 0) is 31.7 Å². The van der Waals surface area contributed by atoms with Gasteiger partial charge in [-0.3, -0.25) is 14.6 Å². The van der Waals surface area contributed by atoms with Crippen LogP contribution in [0, 0.1) is 0 Å². The van der Waals surface area contributed by atoms with Gasteiger partial charge in [0.1, 0.15) is 17.0 Å². The van der Waals surface area contributed by atoms with E-state index >= 15 is 0 Å². The predicted molar refractivity (Wildman–Crippen MR) is 151 cm³/mol. The number of ether oxygens (including phenoxy) is 1. The van der Waals surface area contributed by atoms with Crippen LogP contribution in [0.4, 0.5) is 38.5 Å². The fourth-order valence-corrected chi connectivity index (χ4v) is 5.04. The van der Waals surface area contributed by atoms with Crippen molar-refractivity contribution in [2.24, 2.45) is 7.05 Å². The first-order valence-electron chi connectivity index (χ1n) is 13.9. The number of carbonyl (C=O) groups is 1. The van der Waals surface area contributed by atoms with Gasteiger partial charge in [0, 0.05) is 56.9 Å². The summed E-state index contributed by atoms with van der Waals surface area (Å²) < 4.78 is 74.0. The molecule has 18 heteroatoms. The zero-order valence-corrected chi connectivity index (χ0v) is 24.2. The normalized spacial score (nSPS) is 17.0. The van der Waals surface area contributed by atoms with Crippen molar-refractivity contribution in [1.29, 1.82) is 0 Å². The van der Waals surface area contributed by atoms with Crippen molar-refractivity contribution >= 4 is 17.8 Å². The van der Waals surface area contributed by atoms with Gasteiger partial charge in [0.05, 0.1) is 30.9 Å². The van der Waals surface area contributed by atoms with E-state index in [1.54, 1.807) is 35.2 Å². The molecule has 1 fully saturated rings. The molecule has 4 aromatic heterocycles. The standard InChI is InChI=1S/C27H30F5N11O2/c1-41-15-16(11-37-41)21-13-35-22(14-34-21)43(26(44)33-8-10-45-2)18-5-3-17(4-6-18)38-25-36-12-19(27(30,31)32)23(39-25)20-7-9-42(40-20)24(28)29/h7,9,11-15,17-18,24H,3-6,8,10H2,1-2H3,(H,33,44)(H,36,38,39)/t17-,18-. The summed E-state index contributed by atoms with van der Waals surface area (Å²) in [7, 11) is 3.32. The third kappa shape index (κ3) is 7.50. The minimum Gasteiger partial charge on any atom is -0.383 e. The first-order valence-corrected chi connectivity index (χ1v) is 13.9. The Hall–Kier alpha value is -4.74. The summed E-state index contributed by atoms with van der Waals surface area (Å²) in [4.78, 5) is 31.7. The van der Waals surface area contributed by atoms with E-state index in [0.717, 1.165) is 17.8 Å². The predicted octanol–water partition coefficient (Wildman–Crippen LogP) is 4.53. The molecule has 0 saturated heterocycles. The Balaban J connectivity index is 1.30. The highest BCUT2D eigenvalue weighted by atomic mass is 19.4. The molecule has 1 saturated carbocycles. The van der Waals surface area contributed by atoms with E-state index in [4.69, 9.17) is 4.74 Å². The van der Waals surface area contributed by atoms with Gasteiger partial charge in [0.25, 0.3) is 0 Å². The number of aryl methyl sites for hydroxylation is 1. The van der Waals surface area contributed by atoms with E-state index in [1.807, 2.05) is 0 Å². The molecule has 45 heavy (non-hydrogen) atoms. The van der Waals surface area contributed by atoms with Crippen LogP contribution in [0.25, 0.3) is 22.6 Å². The molecule has 0 aliphatic heterocycles. The second kappa shape index (κ2) is 13.5. The Morgan fingerprint density at radius 1 is 1.09 bits per heavy atom. The van der Waals surface area contributed by atoms with E-state index in [-0.39, 0.29) is 41.0 Å². The number of alkyl halides is 5. The van der Waals surface area contributed by atoms with Gasteiger partial charge in [0.15, 0.2) is 5.82 Å². The second-order valence-corrected chi connectivity index (χ2v) is 10.3. The van der Waals surface area contributed by atoms with Gasteiger partial charge >= 0.3 is 18.8 Å². The van der Waals surface area contributed by atoms with Gasteiger partial charge in [-0.25, -0.2) is 24.4 Å². The molecule has 0 atom stereocenters. The molecule has 1 aliphatic rings. The topological polar surface area (TPSA) is 141 Å². The Labute approximate surface area is 253 Å². The van der Waals surface area contributed by atoms with E-state index in [0.29, 0.717) is 50.0 Å². The number of hydrogen-bond acceptors (Lipinski definition) is 9. The Morgan fingerprint density at radius 3 is 2.47 bits per heavy atom. The molecular formula is C27H30F5N11O2. The van der Waals surface area contributed by atoms with E-state index in [9.17, 15) is 26.7 Å². The fourth-order valence-electron chi connectivity index (χ4n) is 5.04. The molecule has 1 aliphatic carbocycles. The highest BCUT2D eigenvalue weighted by molar-refractivity contribution is 5.91. The molecule has 0 spiro atoms. The van der Waals surface area contributed by atoms with Crippen molar-refractivity contribution in [3.63, 3.8) is 0 Å². The van der Waals surface area contributed by atoms with Crippen molar-refractivity contribution in [2.75, 3.05) is 30.5 Å². The molecule has 240 valence electrons. The summed E-state index contributed by atoms with van der Waals surface area (Å²) in [6.07, 6.45) is 5.30. The molecule has 0 aromatic carbocycles. The van der Waals surface area contributed by atoms with Crippen molar-refractivity contribution in [3.05, 3.63) is 48.8 Å². The minimum atomic E-state index is -4.83. The lowest BCUT2D eigenvalue weighted by Gasteiger charge is -2.36. The van der Waals surface area contributed by atoms with Gasteiger partial charge < -0.3 is 15.4 Å². The molecule has 13 nitrogen and oxygen atoms in total. The number of halogens is 5. The molecular weight excluding hydrogens is 605 g/mol. The second-order valence-electron chi connectivity index (χ2n) is 10.3. The number of hydrogen-bond donors (Lipinski definition) is 2. The van der Waals surface area contributed by atoms with Crippen LogP contribution in [0.15, 0.2) is 43.2 Å². The maximum absolute atomic E-state index is 13.7. The number of amides is 2. The third-order valence-electron chi connectivity index (χ3n) is 7.23. The van der Waals surface area contributed by atoms with E-state index in [1.165, 1.54) is 13.3 Å². The lowest BCUT2D eigenvalue weighted by molar-refractivity contribution is -0.137. The largest absolute Gasteiger partial charge is 0.420 e. The number of anilines is 2. The number of carbonyl (C=O) groups excluding carboxylic acids is 1. The number of rotatable bonds is 10. The number of nitrogens with zero attached hydrogens (tertiary/aromatic N) is 9. The highest BCUT2D eigenvalue weighted by Gasteiger charge is 2.37.